The minimum atomic E-state index is -0.531. The van der Waals surface area contributed by atoms with Crippen LogP contribution >= 0.6 is 0 Å². The lowest BCUT2D eigenvalue weighted by Crippen LogP contribution is -1.96. The number of ether oxygens (including phenoxy) is 2. The third-order valence-electron chi connectivity index (χ3n) is 1.99. The Kier molecular flexibility index (Phi) is 3.04. The van der Waals surface area contributed by atoms with Gasteiger partial charge in [0.25, 0.3) is 0 Å². The van der Waals surface area contributed by atoms with Crippen LogP contribution in [0.25, 0.3) is 0 Å². The van der Waals surface area contributed by atoms with Crippen LogP contribution in [0.4, 0.5) is 10.1 Å². The average molecular weight is 235 g/mol. The normalized spacial score (nSPS) is 10.0. The number of nitrogen functional groups attached to an aromatic ring is 1. The van der Waals surface area contributed by atoms with Crippen molar-refractivity contribution in [3.8, 4) is 17.5 Å². The topological polar surface area (TPSA) is 70.3 Å². The van der Waals surface area contributed by atoms with Gasteiger partial charge in [0.05, 0.1) is 19.5 Å². The zero-order valence-corrected chi connectivity index (χ0v) is 9.05. The zero-order chi connectivity index (χ0) is 12.3. The molecule has 1 aromatic carbocycles. The summed E-state index contributed by atoms with van der Waals surface area (Å²) < 4.78 is 23.0. The second kappa shape index (κ2) is 4.65. The fourth-order valence-electron chi connectivity index (χ4n) is 1.22. The van der Waals surface area contributed by atoms with Crippen LogP contribution in [0.15, 0.2) is 30.6 Å². The van der Waals surface area contributed by atoms with Crippen molar-refractivity contribution >= 4 is 5.69 Å². The molecule has 0 unspecified atom stereocenters. The van der Waals surface area contributed by atoms with E-state index in [0.717, 1.165) is 12.4 Å². The average Bonchev–Trinajstić information content (AvgIpc) is 2.32. The van der Waals surface area contributed by atoms with Gasteiger partial charge in [-0.1, -0.05) is 0 Å². The second-order valence-electron chi connectivity index (χ2n) is 3.20. The van der Waals surface area contributed by atoms with Crippen molar-refractivity contribution in [1.82, 2.24) is 9.97 Å². The number of nitrogens with zero attached hydrogens (tertiary/aromatic N) is 2. The van der Waals surface area contributed by atoms with Crippen molar-refractivity contribution in [2.45, 2.75) is 0 Å². The molecule has 0 aliphatic rings. The van der Waals surface area contributed by atoms with E-state index in [1.54, 1.807) is 18.2 Å². The van der Waals surface area contributed by atoms with Gasteiger partial charge in [0.2, 0.25) is 0 Å². The number of halogens is 1. The van der Waals surface area contributed by atoms with E-state index in [9.17, 15) is 4.39 Å². The van der Waals surface area contributed by atoms with Crippen molar-refractivity contribution in [3.63, 3.8) is 0 Å². The number of aromatic nitrogens is 2. The molecule has 2 rings (SSSR count). The highest BCUT2D eigenvalue weighted by atomic mass is 19.1. The summed E-state index contributed by atoms with van der Waals surface area (Å²) in [6.07, 6.45) is 2.03. The van der Waals surface area contributed by atoms with Crippen molar-refractivity contribution in [1.29, 1.82) is 0 Å². The number of benzene rings is 1. The molecule has 0 amide bonds. The Bertz CT molecular complexity index is 517. The number of rotatable bonds is 3. The quantitative estimate of drug-likeness (QED) is 0.824. The van der Waals surface area contributed by atoms with Gasteiger partial charge >= 0.3 is 6.01 Å². The first-order valence-electron chi connectivity index (χ1n) is 4.78. The van der Waals surface area contributed by atoms with E-state index in [-0.39, 0.29) is 6.01 Å². The molecule has 0 saturated heterocycles. The lowest BCUT2D eigenvalue weighted by Gasteiger charge is -2.09. The van der Waals surface area contributed by atoms with E-state index in [4.69, 9.17) is 15.2 Å². The number of anilines is 1. The summed E-state index contributed by atoms with van der Waals surface area (Å²) in [6.45, 7) is 0. The molecule has 0 atom stereocenters. The molecule has 2 aromatic rings. The number of methoxy groups -OCH3 is 1. The highest BCUT2D eigenvalue weighted by Gasteiger charge is 2.07. The van der Waals surface area contributed by atoms with Crippen LogP contribution in [0.2, 0.25) is 0 Å². The molecule has 0 aliphatic carbocycles. The van der Waals surface area contributed by atoms with Gasteiger partial charge in [-0.25, -0.2) is 14.4 Å². The first-order valence-corrected chi connectivity index (χ1v) is 4.78. The highest BCUT2D eigenvalue weighted by Crippen LogP contribution is 2.31. The molecule has 6 heteroatoms. The van der Waals surface area contributed by atoms with Gasteiger partial charge in [-0.2, -0.15) is 0 Å². The second-order valence-corrected chi connectivity index (χ2v) is 3.20. The zero-order valence-electron chi connectivity index (χ0n) is 9.05. The van der Waals surface area contributed by atoms with Crippen LogP contribution in [0.5, 0.6) is 17.5 Å². The van der Waals surface area contributed by atoms with Gasteiger partial charge in [0, 0.05) is 11.8 Å². The number of hydrogen-bond acceptors (Lipinski definition) is 5. The van der Waals surface area contributed by atoms with Crippen molar-refractivity contribution < 1.29 is 13.9 Å². The molecule has 1 heterocycles. The van der Waals surface area contributed by atoms with E-state index >= 15 is 0 Å². The lowest BCUT2D eigenvalue weighted by molar-refractivity contribution is 0.367. The minimum Gasteiger partial charge on any atom is -0.493 e. The standard InChI is InChI=1S/C11H10FN3O2/c1-16-9-3-2-8(13)4-10(9)17-11-14-5-7(12)6-15-11/h2-6H,13H2,1H3. The number of hydrogen-bond donors (Lipinski definition) is 1. The third kappa shape index (κ3) is 2.60. The third-order valence-corrected chi connectivity index (χ3v) is 1.99. The molecule has 88 valence electrons. The van der Waals surface area contributed by atoms with Crippen LogP contribution < -0.4 is 15.2 Å². The largest absolute Gasteiger partial charge is 0.493 e. The fourth-order valence-corrected chi connectivity index (χ4v) is 1.22. The smallest absolute Gasteiger partial charge is 0.322 e. The SMILES string of the molecule is COc1ccc(N)cc1Oc1ncc(F)cn1. The Hall–Kier alpha value is -2.37. The Morgan fingerprint density at radius 1 is 1.18 bits per heavy atom. The molecular formula is C11H10FN3O2. The van der Waals surface area contributed by atoms with Gasteiger partial charge in [0.1, 0.15) is 0 Å². The first-order chi connectivity index (χ1) is 8.19. The summed E-state index contributed by atoms with van der Waals surface area (Å²) in [5.41, 5.74) is 6.14. The molecule has 0 spiro atoms. The van der Waals surface area contributed by atoms with E-state index in [0.29, 0.717) is 17.2 Å². The Morgan fingerprint density at radius 2 is 1.88 bits per heavy atom. The molecule has 0 saturated carbocycles. The molecule has 0 aliphatic heterocycles. The maximum Gasteiger partial charge on any atom is 0.322 e. The molecular weight excluding hydrogens is 225 g/mol. The van der Waals surface area contributed by atoms with E-state index < -0.39 is 5.82 Å². The Labute approximate surface area is 97.0 Å². The summed E-state index contributed by atoms with van der Waals surface area (Å²) in [4.78, 5) is 7.35. The highest BCUT2D eigenvalue weighted by molar-refractivity contribution is 5.52. The lowest BCUT2D eigenvalue weighted by atomic mass is 10.3. The Morgan fingerprint density at radius 3 is 2.53 bits per heavy atom. The van der Waals surface area contributed by atoms with Crippen molar-refractivity contribution in [2.75, 3.05) is 12.8 Å². The van der Waals surface area contributed by atoms with Crippen LogP contribution in [-0.2, 0) is 0 Å². The maximum absolute atomic E-state index is 12.6. The summed E-state index contributed by atoms with van der Waals surface area (Å²) in [6, 6.07) is 4.94. The predicted molar refractivity (Wildman–Crippen MR) is 59.5 cm³/mol. The fraction of sp³-hybridized carbons (Fsp3) is 0.0909. The summed E-state index contributed by atoms with van der Waals surface area (Å²) >= 11 is 0. The van der Waals surface area contributed by atoms with E-state index in [1.807, 2.05) is 0 Å². The first kappa shape index (κ1) is 11.1. The molecule has 17 heavy (non-hydrogen) atoms. The van der Waals surface area contributed by atoms with Crippen molar-refractivity contribution in [2.24, 2.45) is 0 Å². The van der Waals surface area contributed by atoms with Gasteiger partial charge in [-0.05, 0) is 12.1 Å². The van der Waals surface area contributed by atoms with Crippen LogP contribution in [-0.4, -0.2) is 17.1 Å². The molecule has 0 bridgehead atoms. The van der Waals surface area contributed by atoms with E-state index in [1.165, 1.54) is 7.11 Å². The van der Waals surface area contributed by atoms with Gasteiger partial charge in [-0.15, -0.1) is 0 Å². The summed E-state index contributed by atoms with van der Waals surface area (Å²) in [5, 5.41) is 0. The molecule has 5 nitrogen and oxygen atoms in total. The van der Waals surface area contributed by atoms with Crippen LogP contribution in [0.3, 0.4) is 0 Å². The van der Waals surface area contributed by atoms with Crippen LogP contribution in [0, 0.1) is 5.82 Å². The van der Waals surface area contributed by atoms with Gasteiger partial charge < -0.3 is 15.2 Å². The minimum absolute atomic E-state index is 0.0234. The van der Waals surface area contributed by atoms with Crippen LogP contribution in [0.1, 0.15) is 0 Å². The summed E-state index contributed by atoms with van der Waals surface area (Å²) in [7, 11) is 1.50. The molecule has 1 aromatic heterocycles. The predicted octanol–water partition coefficient (Wildman–Crippen LogP) is 2.00. The van der Waals surface area contributed by atoms with Gasteiger partial charge in [-0.3, -0.25) is 0 Å². The monoisotopic (exact) mass is 235 g/mol. The number of nitrogens with two attached hydrogens (primary N) is 1. The molecule has 0 fully saturated rings. The van der Waals surface area contributed by atoms with Gasteiger partial charge in [0.15, 0.2) is 17.3 Å². The Balaban J connectivity index is 2.28. The molecule has 0 radical (unpaired) electrons. The van der Waals surface area contributed by atoms with E-state index in [2.05, 4.69) is 9.97 Å². The molecule has 2 N–H and O–H groups in total. The summed E-state index contributed by atoms with van der Waals surface area (Å²) in [5.74, 6) is 0.336. The maximum atomic E-state index is 12.6. The van der Waals surface area contributed by atoms with Crippen molar-refractivity contribution in [3.05, 3.63) is 36.4 Å².